The largest absolute Gasteiger partial charge is 0.359 e. The third-order valence-electron chi connectivity index (χ3n) is 1.90. The van der Waals surface area contributed by atoms with Crippen LogP contribution in [0.2, 0.25) is 0 Å². The van der Waals surface area contributed by atoms with Crippen molar-refractivity contribution in [2.75, 3.05) is 0 Å². The van der Waals surface area contributed by atoms with Gasteiger partial charge in [-0.05, 0) is 13.8 Å². The molecule has 0 unspecified atom stereocenters. The fourth-order valence-corrected chi connectivity index (χ4v) is 1.19. The van der Waals surface area contributed by atoms with Crippen molar-refractivity contribution in [3.63, 3.8) is 0 Å². The Kier molecular flexibility index (Phi) is 2.67. The molecule has 0 aliphatic carbocycles. The van der Waals surface area contributed by atoms with Crippen LogP contribution in [0, 0.1) is 13.8 Å². The van der Waals surface area contributed by atoms with Gasteiger partial charge in [-0.3, -0.25) is 9.89 Å². The summed E-state index contributed by atoms with van der Waals surface area (Å²) < 4.78 is 4.94. The topological polar surface area (TPSA) is 96.7 Å². The number of nitrogens with one attached hydrogen (secondary N) is 2. The molecular formula is C9H11N5O2. The van der Waals surface area contributed by atoms with Gasteiger partial charge in [0.05, 0.1) is 12.2 Å². The highest BCUT2D eigenvalue weighted by Gasteiger charge is 2.11. The number of aromatic amines is 1. The SMILES string of the molecule is Cc1cc(CNC(=O)c2n[nH]c(C)n2)on1. The number of amides is 1. The van der Waals surface area contributed by atoms with Crippen LogP contribution in [0.1, 0.15) is 27.9 Å². The van der Waals surface area contributed by atoms with E-state index in [0.29, 0.717) is 11.6 Å². The predicted molar refractivity (Wildman–Crippen MR) is 53.5 cm³/mol. The van der Waals surface area contributed by atoms with Gasteiger partial charge in [0.1, 0.15) is 5.82 Å². The van der Waals surface area contributed by atoms with Gasteiger partial charge in [0.15, 0.2) is 5.76 Å². The monoisotopic (exact) mass is 221 g/mol. The quantitative estimate of drug-likeness (QED) is 0.778. The number of carbonyl (C=O) groups excluding carboxylic acids is 1. The van der Waals surface area contributed by atoms with Gasteiger partial charge in [-0.25, -0.2) is 4.98 Å². The van der Waals surface area contributed by atoms with Crippen molar-refractivity contribution in [2.45, 2.75) is 20.4 Å². The molecule has 1 amide bonds. The summed E-state index contributed by atoms with van der Waals surface area (Å²) in [6, 6.07) is 1.75. The van der Waals surface area contributed by atoms with E-state index in [4.69, 9.17) is 4.52 Å². The van der Waals surface area contributed by atoms with E-state index in [1.54, 1.807) is 13.0 Å². The molecule has 0 saturated carbocycles. The minimum atomic E-state index is -0.349. The van der Waals surface area contributed by atoms with Crippen molar-refractivity contribution in [1.29, 1.82) is 0 Å². The van der Waals surface area contributed by atoms with E-state index in [2.05, 4.69) is 25.7 Å². The number of carbonyl (C=O) groups is 1. The molecule has 0 aromatic carbocycles. The number of H-pyrrole nitrogens is 1. The summed E-state index contributed by atoms with van der Waals surface area (Å²) >= 11 is 0. The molecule has 16 heavy (non-hydrogen) atoms. The molecule has 0 aliphatic rings. The summed E-state index contributed by atoms with van der Waals surface area (Å²) in [7, 11) is 0. The lowest BCUT2D eigenvalue weighted by atomic mass is 10.4. The van der Waals surface area contributed by atoms with Crippen LogP contribution < -0.4 is 5.32 Å². The molecule has 0 atom stereocenters. The average Bonchev–Trinajstić information content (AvgIpc) is 2.84. The van der Waals surface area contributed by atoms with Gasteiger partial charge in [-0.1, -0.05) is 5.16 Å². The Labute approximate surface area is 91.2 Å². The number of aryl methyl sites for hydroxylation is 2. The Bertz CT molecular complexity index is 501. The maximum atomic E-state index is 11.5. The van der Waals surface area contributed by atoms with Crippen LogP contribution in [0.25, 0.3) is 0 Å². The highest BCUT2D eigenvalue weighted by molar-refractivity contribution is 5.90. The zero-order valence-electron chi connectivity index (χ0n) is 8.94. The number of nitrogens with zero attached hydrogens (tertiary/aromatic N) is 3. The number of hydrogen-bond donors (Lipinski definition) is 2. The third kappa shape index (κ3) is 2.25. The minimum absolute atomic E-state index is 0.119. The molecular weight excluding hydrogens is 210 g/mol. The molecule has 7 nitrogen and oxygen atoms in total. The molecule has 2 heterocycles. The summed E-state index contributed by atoms with van der Waals surface area (Å²) in [5, 5.41) is 12.7. The van der Waals surface area contributed by atoms with Crippen LogP contribution in [0.5, 0.6) is 0 Å². The van der Waals surface area contributed by atoms with Gasteiger partial charge in [0, 0.05) is 6.07 Å². The first-order valence-electron chi connectivity index (χ1n) is 4.74. The van der Waals surface area contributed by atoms with Gasteiger partial charge >= 0.3 is 0 Å². The zero-order chi connectivity index (χ0) is 11.5. The molecule has 0 radical (unpaired) electrons. The molecule has 2 aromatic rings. The standard InChI is InChI=1S/C9H11N5O2/c1-5-3-7(16-14-5)4-10-9(15)8-11-6(2)12-13-8/h3H,4H2,1-2H3,(H,10,15)(H,11,12,13). The lowest BCUT2D eigenvalue weighted by Crippen LogP contribution is -2.23. The van der Waals surface area contributed by atoms with Crippen molar-refractivity contribution < 1.29 is 9.32 Å². The first-order chi connectivity index (χ1) is 7.65. The van der Waals surface area contributed by atoms with E-state index in [1.165, 1.54) is 0 Å². The third-order valence-corrected chi connectivity index (χ3v) is 1.90. The van der Waals surface area contributed by atoms with E-state index in [0.717, 1.165) is 5.69 Å². The molecule has 2 rings (SSSR count). The van der Waals surface area contributed by atoms with Crippen molar-refractivity contribution >= 4 is 5.91 Å². The summed E-state index contributed by atoms with van der Waals surface area (Å²) in [5.74, 6) is 0.964. The molecule has 0 spiro atoms. The molecule has 2 aromatic heterocycles. The van der Waals surface area contributed by atoms with Crippen LogP contribution >= 0.6 is 0 Å². The highest BCUT2D eigenvalue weighted by Crippen LogP contribution is 2.01. The average molecular weight is 221 g/mol. The van der Waals surface area contributed by atoms with Gasteiger partial charge in [-0.15, -0.1) is 5.10 Å². The van der Waals surface area contributed by atoms with Gasteiger partial charge < -0.3 is 9.84 Å². The van der Waals surface area contributed by atoms with Gasteiger partial charge in [0.2, 0.25) is 5.82 Å². The lowest BCUT2D eigenvalue weighted by molar-refractivity contribution is 0.0937. The Morgan fingerprint density at radius 1 is 1.56 bits per heavy atom. The van der Waals surface area contributed by atoms with Gasteiger partial charge in [0.25, 0.3) is 5.91 Å². The van der Waals surface area contributed by atoms with E-state index in [9.17, 15) is 4.79 Å². The maximum absolute atomic E-state index is 11.5. The molecule has 7 heteroatoms. The molecule has 84 valence electrons. The summed E-state index contributed by atoms with van der Waals surface area (Å²) in [5.41, 5.74) is 0.776. The van der Waals surface area contributed by atoms with Gasteiger partial charge in [-0.2, -0.15) is 0 Å². The Morgan fingerprint density at radius 3 is 2.94 bits per heavy atom. The second-order valence-electron chi connectivity index (χ2n) is 3.36. The van der Waals surface area contributed by atoms with E-state index >= 15 is 0 Å². The van der Waals surface area contributed by atoms with Crippen molar-refractivity contribution in [1.82, 2.24) is 25.7 Å². The number of hydrogen-bond acceptors (Lipinski definition) is 5. The fraction of sp³-hybridized carbons (Fsp3) is 0.333. The smallest absolute Gasteiger partial charge is 0.291 e. The van der Waals surface area contributed by atoms with Crippen LogP contribution in [0.15, 0.2) is 10.6 Å². The Morgan fingerprint density at radius 2 is 2.38 bits per heavy atom. The first-order valence-corrected chi connectivity index (χ1v) is 4.74. The van der Waals surface area contributed by atoms with Crippen molar-refractivity contribution in [3.8, 4) is 0 Å². The highest BCUT2D eigenvalue weighted by atomic mass is 16.5. The Hall–Kier alpha value is -2.18. The van der Waals surface area contributed by atoms with E-state index in [-0.39, 0.29) is 18.3 Å². The minimum Gasteiger partial charge on any atom is -0.359 e. The summed E-state index contributed by atoms with van der Waals surface area (Å²) in [6.07, 6.45) is 0. The number of rotatable bonds is 3. The Balaban J connectivity index is 1.93. The first kappa shape index (κ1) is 10.3. The zero-order valence-corrected chi connectivity index (χ0v) is 8.94. The van der Waals surface area contributed by atoms with Crippen LogP contribution in [-0.2, 0) is 6.54 Å². The fourth-order valence-electron chi connectivity index (χ4n) is 1.19. The van der Waals surface area contributed by atoms with Crippen LogP contribution in [-0.4, -0.2) is 26.2 Å². The van der Waals surface area contributed by atoms with Crippen molar-refractivity contribution in [3.05, 3.63) is 29.2 Å². The van der Waals surface area contributed by atoms with Crippen LogP contribution in [0.3, 0.4) is 0 Å². The number of aromatic nitrogens is 4. The predicted octanol–water partition coefficient (Wildman–Crippen LogP) is 0.340. The van der Waals surface area contributed by atoms with E-state index in [1.807, 2.05) is 6.92 Å². The second kappa shape index (κ2) is 4.13. The summed E-state index contributed by atoms with van der Waals surface area (Å²) in [6.45, 7) is 3.81. The summed E-state index contributed by atoms with van der Waals surface area (Å²) in [4.78, 5) is 15.4. The molecule has 0 aliphatic heterocycles. The molecule has 2 N–H and O–H groups in total. The normalized spacial score (nSPS) is 10.4. The maximum Gasteiger partial charge on any atom is 0.291 e. The molecule has 0 saturated heterocycles. The lowest BCUT2D eigenvalue weighted by Gasteiger charge is -1.97. The second-order valence-corrected chi connectivity index (χ2v) is 3.36. The van der Waals surface area contributed by atoms with Crippen molar-refractivity contribution in [2.24, 2.45) is 0 Å². The molecule has 0 fully saturated rings. The van der Waals surface area contributed by atoms with Crippen LogP contribution in [0.4, 0.5) is 0 Å². The van der Waals surface area contributed by atoms with E-state index < -0.39 is 0 Å². The molecule has 0 bridgehead atoms.